The molecule has 0 saturated carbocycles. The second-order valence-corrected chi connectivity index (χ2v) is 6.50. The highest BCUT2D eigenvalue weighted by Gasteiger charge is 2.44. The molecule has 0 unspecified atom stereocenters. The van der Waals surface area contributed by atoms with Crippen LogP contribution < -0.4 is 5.32 Å². The molecule has 2 fully saturated rings. The highest BCUT2D eigenvalue weighted by molar-refractivity contribution is 5.92. The van der Waals surface area contributed by atoms with Gasteiger partial charge in [-0.05, 0) is 30.5 Å². The Morgan fingerprint density at radius 1 is 1.43 bits per heavy atom. The second kappa shape index (κ2) is 5.54. The smallest absolute Gasteiger partial charge is 0.322 e. The molecule has 2 aliphatic heterocycles. The van der Waals surface area contributed by atoms with Gasteiger partial charge in [-0.2, -0.15) is 0 Å². The SMILES string of the molecule is C[C@@H]1CN(C(=O)Nc2ccc3cc[nH]c3c2)C[C@]2(CCOC2)O1. The summed E-state index contributed by atoms with van der Waals surface area (Å²) in [5, 5.41) is 4.12. The van der Waals surface area contributed by atoms with E-state index in [1.54, 1.807) is 0 Å². The average Bonchev–Trinajstić information content (AvgIpc) is 3.15. The molecule has 0 bridgehead atoms. The van der Waals surface area contributed by atoms with Gasteiger partial charge in [-0.3, -0.25) is 0 Å². The van der Waals surface area contributed by atoms with Crippen LogP contribution in [-0.4, -0.2) is 53.9 Å². The highest BCUT2D eigenvalue weighted by Crippen LogP contribution is 2.30. The first-order valence-corrected chi connectivity index (χ1v) is 8.02. The maximum atomic E-state index is 12.6. The number of carbonyl (C=O) groups is 1. The maximum Gasteiger partial charge on any atom is 0.322 e. The van der Waals surface area contributed by atoms with Gasteiger partial charge in [0.05, 0.1) is 19.3 Å². The molecule has 1 aromatic heterocycles. The van der Waals surface area contributed by atoms with Crippen molar-refractivity contribution in [2.75, 3.05) is 31.6 Å². The lowest BCUT2D eigenvalue weighted by Crippen LogP contribution is -2.57. The number of anilines is 1. The van der Waals surface area contributed by atoms with Crippen molar-refractivity contribution in [3.05, 3.63) is 30.5 Å². The van der Waals surface area contributed by atoms with Gasteiger partial charge in [-0.1, -0.05) is 6.07 Å². The summed E-state index contributed by atoms with van der Waals surface area (Å²) in [7, 11) is 0. The molecular weight excluding hydrogens is 294 g/mol. The zero-order valence-corrected chi connectivity index (χ0v) is 13.2. The van der Waals surface area contributed by atoms with Crippen LogP contribution in [0.15, 0.2) is 30.5 Å². The molecule has 2 aliphatic rings. The van der Waals surface area contributed by atoms with Crippen LogP contribution in [0, 0.1) is 0 Å². The first-order valence-electron chi connectivity index (χ1n) is 8.02. The number of rotatable bonds is 1. The van der Waals surface area contributed by atoms with Gasteiger partial charge in [0.25, 0.3) is 0 Å². The molecule has 3 heterocycles. The predicted molar refractivity (Wildman–Crippen MR) is 87.6 cm³/mol. The van der Waals surface area contributed by atoms with Crippen LogP contribution in [-0.2, 0) is 9.47 Å². The number of fused-ring (bicyclic) bond motifs is 1. The summed E-state index contributed by atoms with van der Waals surface area (Å²) in [4.78, 5) is 17.6. The number of aromatic amines is 1. The number of H-pyrrole nitrogens is 1. The van der Waals surface area contributed by atoms with Gasteiger partial charge in [0.1, 0.15) is 5.60 Å². The Bertz CT molecular complexity index is 721. The third-order valence-corrected chi connectivity index (χ3v) is 4.57. The lowest BCUT2D eigenvalue weighted by molar-refractivity contribution is -0.136. The highest BCUT2D eigenvalue weighted by atomic mass is 16.6. The van der Waals surface area contributed by atoms with E-state index >= 15 is 0 Å². The summed E-state index contributed by atoms with van der Waals surface area (Å²) in [5.41, 5.74) is 1.47. The average molecular weight is 315 g/mol. The molecular formula is C17H21N3O3. The molecule has 0 radical (unpaired) electrons. The molecule has 4 rings (SSSR count). The van der Waals surface area contributed by atoms with Crippen LogP contribution in [0.25, 0.3) is 10.9 Å². The number of benzene rings is 1. The fourth-order valence-corrected chi connectivity index (χ4v) is 3.51. The monoisotopic (exact) mass is 315 g/mol. The molecule has 2 aromatic rings. The molecule has 6 nitrogen and oxygen atoms in total. The van der Waals surface area contributed by atoms with Crippen LogP contribution in [0.2, 0.25) is 0 Å². The third kappa shape index (κ3) is 2.80. The number of hydrogen-bond acceptors (Lipinski definition) is 3. The van der Waals surface area contributed by atoms with Crippen LogP contribution >= 0.6 is 0 Å². The van der Waals surface area contributed by atoms with Crippen molar-refractivity contribution in [3.8, 4) is 0 Å². The zero-order valence-electron chi connectivity index (χ0n) is 13.2. The van der Waals surface area contributed by atoms with Crippen LogP contribution in [0.1, 0.15) is 13.3 Å². The summed E-state index contributed by atoms with van der Waals surface area (Å²) in [5.74, 6) is 0. The Kier molecular flexibility index (Phi) is 3.50. The summed E-state index contributed by atoms with van der Waals surface area (Å²) in [6.07, 6.45) is 2.75. The topological polar surface area (TPSA) is 66.6 Å². The van der Waals surface area contributed by atoms with Crippen molar-refractivity contribution in [2.45, 2.75) is 25.0 Å². The van der Waals surface area contributed by atoms with Crippen LogP contribution in [0.3, 0.4) is 0 Å². The Balaban J connectivity index is 1.49. The number of hydrogen-bond donors (Lipinski definition) is 2. The van der Waals surface area contributed by atoms with Gasteiger partial charge >= 0.3 is 6.03 Å². The van der Waals surface area contributed by atoms with E-state index in [0.717, 1.165) is 23.0 Å². The molecule has 1 spiro atoms. The van der Waals surface area contributed by atoms with E-state index in [0.29, 0.717) is 26.3 Å². The van der Waals surface area contributed by atoms with Gasteiger partial charge in [0.15, 0.2) is 0 Å². The van der Waals surface area contributed by atoms with Crippen molar-refractivity contribution >= 4 is 22.6 Å². The third-order valence-electron chi connectivity index (χ3n) is 4.57. The van der Waals surface area contributed by atoms with Crippen molar-refractivity contribution in [2.24, 2.45) is 0 Å². The fraction of sp³-hybridized carbons (Fsp3) is 0.471. The number of carbonyl (C=O) groups excluding carboxylic acids is 1. The van der Waals surface area contributed by atoms with E-state index in [2.05, 4.69) is 10.3 Å². The molecule has 2 amide bonds. The summed E-state index contributed by atoms with van der Waals surface area (Å²) in [6, 6.07) is 7.79. The number of nitrogens with one attached hydrogen (secondary N) is 2. The minimum absolute atomic E-state index is 0.0158. The predicted octanol–water partition coefficient (Wildman–Crippen LogP) is 2.58. The van der Waals surface area contributed by atoms with Crippen molar-refractivity contribution in [3.63, 3.8) is 0 Å². The Labute approximate surface area is 134 Å². The summed E-state index contributed by atoms with van der Waals surface area (Å²) < 4.78 is 11.5. The van der Waals surface area contributed by atoms with Gasteiger partial charge in [-0.15, -0.1) is 0 Å². The number of morpholine rings is 1. The van der Waals surface area contributed by atoms with Crippen LogP contribution in [0.5, 0.6) is 0 Å². The number of urea groups is 1. The summed E-state index contributed by atoms with van der Waals surface area (Å²) >= 11 is 0. The number of amides is 2. The fourth-order valence-electron chi connectivity index (χ4n) is 3.51. The minimum Gasteiger partial charge on any atom is -0.378 e. The standard InChI is InChI=1S/C17H21N3O3/c1-12-9-20(10-17(23-12)5-7-22-11-17)16(21)19-14-3-2-13-4-6-18-15(13)8-14/h2-4,6,8,12,18H,5,7,9-11H2,1H3,(H,19,21)/t12-,17+/m1/s1. The van der Waals surface area contributed by atoms with Gasteiger partial charge < -0.3 is 24.7 Å². The Morgan fingerprint density at radius 2 is 2.35 bits per heavy atom. The second-order valence-electron chi connectivity index (χ2n) is 6.50. The van der Waals surface area contributed by atoms with E-state index in [9.17, 15) is 4.79 Å². The van der Waals surface area contributed by atoms with Crippen molar-refractivity contribution in [1.29, 1.82) is 0 Å². The summed E-state index contributed by atoms with van der Waals surface area (Å²) in [6.45, 7) is 4.44. The van der Waals surface area contributed by atoms with Crippen molar-refractivity contribution in [1.82, 2.24) is 9.88 Å². The minimum atomic E-state index is -0.335. The normalized spacial score (nSPS) is 27.7. The first-order chi connectivity index (χ1) is 11.1. The van der Waals surface area contributed by atoms with Crippen LogP contribution in [0.4, 0.5) is 10.5 Å². The zero-order chi connectivity index (χ0) is 15.9. The van der Waals surface area contributed by atoms with Gasteiger partial charge in [0, 0.05) is 37.0 Å². The molecule has 2 N–H and O–H groups in total. The molecule has 122 valence electrons. The van der Waals surface area contributed by atoms with E-state index in [-0.39, 0.29) is 17.7 Å². The molecule has 6 heteroatoms. The molecule has 2 saturated heterocycles. The number of aromatic nitrogens is 1. The van der Waals surface area contributed by atoms with Gasteiger partial charge in [-0.25, -0.2) is 4.79 Å². The molecule has 0 aliphatic carbocycles. The van der Waals surface area contributed by atoms with Crippen molar-refractivity contribution < 1.29 is 14.3 Å². The number of nitrogens with zero attached hydrogens (tertiary/aromatic N) is 1. The Morgan fingerprint density at radius 3 is 3.17 bits per heavy atom. The lowest BCUT2D eigenvalue weighted by Gasteiger charge is -2.42. The van der Waals surface area contributed by atoms with E-state index < -0.39 is 0 Å². The largest absolute Gasteiger partial charge is 0.378 e. The Hall–Kier alpha value is -2.05. The quantitative estimate of drug-likeness (QED) is 0.850. The molecule has 2 atom stereocenters. The van der Waals surface area contributed by atoms with E-state index in [1.807, 2.05) is 42.3 Å². The first kappa shape index (κ1) is 14.5. The van der Waals surface area contributed by atoms with E-state index in [4.69, 9.17) is 9.47 Å². The molecule has 23 heavy (non-hydrogen) atoms. The van der Waals surface area contributed by atoms with E-state index in [1.165, 1.54) is 0 Å². The van der Waals surface area contributed by atoms with Gasteiger partial charge in [0.2, 0.25) is 0 Å². The molecule has 1 aromatic carbocycles. The maximum absolute atomic E-state index is 12.6. The number of ether oxygens (including phenoxy) is 2. The lowest BCUT2D eigenvalue weighted by atomic mass is 9.99.